The van der Waals surface area contributed by atoms with Crippen molar-refractivity contribution < 1.29 is 19.2 Å². The van der Waals surface area contributed by atoms with Crippen molar-refractivity contribution in [2.75, 3.05) is 19.0 Å². The summed E-state index contributed by atoms with van der Waals surface area (Å²) >= 11 is 0. The number of anilines is 1. The first-order valence-electron chi connectivity index (χ1n) is 6.91. The van der Waals surface area contributed by atoms with Crippen LogP contribution in [0.1, 0.15) is 17.3 Å². The number of nitro benzene ring substituents is 1. The maximum atomic E-state index is 12.2. The smallest absolute Gasteiger partial charge is 0.270 e. The van der Waals surface area contributed by atoms with Gasteiger partial charge in [-0.25, -0.2) is 0 Å². The molecule has 0 heterocycles. The number of amides is 1. The Morgan fingerprint density at radius 3 is 2.65 bits per heavy atom. The van der Waals surface area contributed by atoms with Crippen LogP contribution in [0.3, 0.4) is 0 Å². The third-order valence-electron chi connectivity index (χ3n) is 3.04. The SMILES string of the molecule is CCOc1ccc(NC(=O)c2cccc([N+](=O)[O-])c2)cc1OC. The predicted octanol–water partition coefficient (Wildman–Crippen LogP) is 3.25. The molecule has 0 fully saturated rings. The molecule has 7 nitrogen and oxygen atoms in total. The van der Waals surface area contributed by atoms with Gasteiger partial charge in [-0.2, -0.15) is 0 Å². The highest BCUT2D eigenvalue weighted by Crippen LogP contribution is 2.30. The lowest BCUT2D eigenvalue weighted by atomic mass is 10.2. The van der Waals surface area contributed by atoms with E-state index in [0.717, 1.165) is 0 Å². The van der Waals surface area contributed by atoms with Gasteiger partial charge in [0, 0.05) is 29.4 Å². The molecule has 0 saturated heterocycles. The Kier molecular flexibility index (Phi) is 5.14. The number of methoxy groups -OCH3 is 1. The van der Waals surface area contributed by atoms with Crippen LogP contribution in [0.2, 0.25) is 0 Å². The Bertz CT molecular complexity index is 730. The van der Waals surface area contributed by atoms with E-state index in [1.165, 1.54) is 31.4 Å². The minimum absolute atomic E-state index is 0.137. The number of nitrogens with zero attached hydrogens (tertiary/aromatic N) is 1. The summed E-state index contributed by atoms with van der Waals surface area (Å²) in [6, 6.07) is 10.5. The second-order valence-corrected chi connectivity index (χ2v) is 4.56. The van der Waals surface area contributed by atoms with Crippen molar-refractivity contribution in [1.82, 2.24) is 0 Å². The largest absolute Gasteiger partial charge is 0.493 e. The van der Waals surface area contributed by atoms with E-state index < -0.39 is 10.8 Å². The zero-order valence-corrected chi connectivity index (χ0v) is 12.7. The Morgan fingerprint density at radius 2 is 2.00 bits per heavy atom. The Labute approximate surface area is 133 Å². The van der Waals surface area contributed by atoms with Gasteiger partial charge in [-0.1, -0.05) is 6.07 Å². The first-order chi connectivity index (χ1) is 11.0. The monoisotopic (exact) mass is 316 g/mol. The lowest BCUT2D eigenvalue weighted by Gasteiger charge is -2.11. The summed E-state index contributed by atoms with van der Waals surface area (Å²) in [4.78, 5) is 22.4. The topological polar surface area (TPSA) is 90.7 Å². The van der Waals surface area contributed by atoms with Crippen molar-refractivity contribution in [1.29, 1.82) is 0 Å². The van der Waals surface area contributed by atoms with Crippen LogP contribution in [0, 0.1) is 10.1 Å². The summed E-state index contributed by atoms with van der Waals surface area (Å²) in [5.74, 6) is 0.618. The van der Waals surface area contributed by atoms with Crippen LogP contribution in [0.4, 0.5) is 11.4 Å². The standard InChI is InChI=1S/C16H16N2O5/c1-3-23-14-8-7-12(10-15(14)22-2)17-16(19)11-5-4-6-13(9-11)18(20)21/h4-10H,3H2,1-2H3,(H,17,19). The Hall–Kier alpha value is -3.09. The maximum Gasteiger partial charge on any atom is 0.270 e. The summed E-state index contributed by atoms with van der Waals surface area (Å²) in [6.07, 6.45) is 0. The van der Waals surface area contributed by atoms with E-state index in [1.807, 2.05) is 6.92 Å². The van der Waals surface area contributed by atoms with E-state index in [-0.39, 0.29) is 11.3 Å². The number of carbonyl (C=O) groups is 1. The molecule has 2 rings (SSSR count). The molecule has 2 aromatic rings. The summed E-state index contributed by atoms with van der Waals surface area (Å²) < 4.78 is 10.6. The van der Waals surface area contributed by atoms with Gasteiger partial charge in [0.1, 0.15) is 0 Å². The van der Waals surface area contributed by atoms with Gasteiger partial charge in [0.2, 0.25) is 0 Å². The lowest BCUT2D eigenvalue weighted by molar-refractivity contribution is -0.384. The fraction of sp³-hybridized carbons (Fsp3) is 0.188. The van der Waals surface area contributed by atoms with Crippen LogP contribution in [0.25, 0.3) is 0 Å². The average molecular weight is 316 g/mol. The summed E-state index contributed by atoms with van der Waals surface area (Å²) in [5, 5.41) is 13.4. The summed E-state index contributed by atoms with van der Waals surface area (Å²) in [5.41, 5.74) is 0.566. The normalized spacial score (nSPS) is 10.0. The van der Waals surface area contributed by atoms with Crippen molar-refractivity contribution in [3.05, 3.63) is 58.1 Å². The fourth-order valence-corrected chi connectivity index (χ4v) is 1.98. The molecule has 120 valence electrons. The number of rotatable bonds is 6. The third-order valence-corrected chi connectivity index (χ3v) is 3.04. The third kappa shape index (κ3) is 3.97. The highest BCUT2D eigenvalue weighted by molar-refractivity contribution is 6.04. The molecule has 0 unspecified atom stereocenters. The van der Waals surface area contributed by atoms with Crippen molar-refractivity contribution in [2.24, 2.45) is 0 Å². The van der Waals surface area contributed by atoms with Crippen molar-refractivity contribution >= 4 is 17.3 Å². The van der Waals surface area contributed by atoms with Crippen molar-refractivity contribution in [2.45, 2.75) is 6.92 Å². The molecule has 0 bridgehead atoms. The van der Waals surface area contributed by atoms with Crippen LogP contribution in [0.15, 0.2) is 42.5 Å². The number of carbonyl (C=O) groups excluding carboxylic acids is 1. The molecule has 0 radical (unpaired) electrons. The average Bonchev–Trinajstić information content (AvgIpc) is 2.56. The molecule has 0 aliphatic carbocycles. The van der Waals surface area contributed by atoms with Gasteiger partial charge in [-0.3, -0.25) is 14.9 Å². The highest BCUT2D eigenvalue weighted by atomic mass is 16.6. The Morgan fingerprint density at radius 1 is 1.22 bits per heavy atom. The summed E-state index contributed by atoms with van der Waals surface area (Å²) in [7, 11) is 1.50. The number of ether oxygens (including phenoxy) is 2. The van der Waals surface area contributed by atoms with Crippen LogP contribution >= 0.6 is 0 Å². The van der Waals surface area contributed by atoms with Crippen molar-refractivity contribution in [3.8, 4) is 11.5 Å². The van der Waals surface area contributed by atoms with Gasteiger partial charge in [0.15, 0.2) is 11.5 Å². The molecule has 0 aliphatic heterocycles. The van der Waals surface area contributed by atoms with Gasteiger partial charge < -0.3 is 14.8 Å². The van der Waals surface area contributed by atoms with E-state index in [9.17, 15) is 14.9 Å². The Balaban J connectivity index is 2.20. The quantitative estimate of drug-likeness (QED) is 0.652. The second-order valence-electron chi connectivity index (χ2n) is 4.56. The first kappa shape index (κ1) is 16.3. The van der Waals surface area contributed by atoms with Gasteiger partial charge in [-0.05, 0) is 25.1 Å². The van der Waals surface area contributed by atoms with E-state index in [0.29, 0.717) is 23.8 Å². The number of non-ortho nitro benzene ring substituents is 1. The minimum Gasteiger partial charge on any atom is -0.493 e. The lowest BCUT2D eigenvalue weighted by Crippen LogP contribution is -2.12. The molecular weight excluding hydrogens is 300 g/mol. The van der Waals surface area contributed by atoms with E-state index in [4.69, 9.17) is 9.47 Å². The molecule has 0 saturated carbocycles. The second kappa shape index (κ2) is 7.26. The fourth-order valence-electron chi connectivity index (χ4n) is 1.98. The number of nitrogens with one attached hydrogen (secondary N) is 1. The van der Waals surface area contributed by atoms with Crippen LogP contribution in [0.5, 0.6) is 11.5 Å². The first-order valence-corrected chi connectivity index (χ1v) is 6.91. The molecule has 2 aromatic carbocycles. The predicted molar refractivity (Wildman–Crippen MR) is 85.2 cm³/mol. The molecule has 0 atom stereocenters. The maximum absolute atomic E-state index is 12.2. The van der Waals surface area contributed by atoms with Gasteiger partial charge in [-0.15, -0.1) is 0 Å². The molecule has 1 amide bonds. The van der Waals surface area contributed by atoms with Gasteiger partial charge in [0.25, 0.3) is 11.6 Å². The van der Waals surface area contributed by atoms with E-state index in [1.54, 1.807) is 18.2 Å². The minimum atomic E-state index is -0.545. The van der Waals surface area contributed by atoms with Crippen LogP contribution in [-0.2, 0) is 0 Å². The number of benzene rings is 2. The van der Waals surface area contributed by atoms with Crippen molar-refractivity contribution in [3.63, 3.8) is 0 Å². The molecule has 0 spiro atoms. The molecule has 7 heteroatoms. The molecule has 1 N–H and O–H groups in total. The number of hydrogen-bond acceptors (Lipinski definition) is 5. The van der Waals surface area contributed by atoms with Crippen LogP contribution < -0.4 is 14.8 Å². The van der Waals surface area contributed by atoms with Gasteiger partial charge >= 0.3 is 0 Å². The highest BCUT2D eigenvalue weighted by Gasteiger charge is 2.13. The zero-order valence-electron chi connectivity index (χ0n) is 12.7. The van der Waals surface area contributed by atoms with Crippen LogP contribution in [-0.4, -0.2) is 24.5 Å². The zero-order chi connectivity index (χ0) is 16.8. The molecular formula is C16H16N2O5. The van der Waals surface area contributed by atoms with E-state index in [2.05, 4.69) is 5.32 Å². The number of hydrogen-bond donors (Lipinski definition) is 1. The molecule has 0 aromatic heterocycles. The van der Waals surface area contributed by atoms with E-state index >= 15 is 0 Å². The van der Waals surface area contributed by atoms with Gasteiger partial charge in [0.05, 0.1) is 18.6 Å². The summed E-state index contributed by atoms with van der Waals surface area (Å²) in [6.45, 7) is 2.35. The molecule has 0 aliphatic rings. The number of nitro groups is 1. The molecule has 23 heavy (non-hydrogen) atoms.